The molecule has 1 aromatic carbocycles. The number of nitrogens with two attached hydrogens (primary N) is 1. The van der Waals surface area contributed by atoms with Crippen molar-refractivity contribution in [2.75, 3.05) is 6.61 Å². The topological polar surface area (TPSA) is 222 Å². The fourth-order valence-corrected chi connectivity index (χ4v) is 2.89. The van der Waals surface area contributed by atoms with Crippen LogP contribution in [0.3, 0.4) is 0 Å². The zero-order valence-electron chi connectivity index (χ0n) is 21.3. The molecule has 0 bridgehead atoms. The number of carboxylic acid groups (broad SMARTS) is 1. The highest BCUT2D eigenvalue weighted by Gasteiger charge is 2.41. The van der Waals surface area contributed by atoms with Crippen LogP contribution in [0.15, 0.2) is 54.9 Å². The second-order valence-electron chi connectivity index (χ2n) is 9.06. The molecule has 2 heterocycles. The molecule has 2 aromatic rings. The first-order chi connectivity index (χ1) is 17.7. The SMILES string of the molecule is CC(C)(C)OC(=O)N[C@@H](Cc1ccccc1)C(=O)O.NC(=O)c1cccnc1.OC[C@H]1OC(O)[C@H](O)[C@@H]1O. The molecule has 1 aliphatic rings. The molecular weight excluding hydrogens is 502 g/mol. The first-order valence-corrected chi connectivity index (χ1v) is 11.5. The van der Waals surface area contributed by atoms with E-state index in [4.69, 9.17) is 36.0 Å². The van der Waals surface area contributed by atoms with Crippen molar-refractivity contribution in [3.63, 3.8) is 0 Å². The molecule has 0 spiro atoms. The molecule has 0 saturated carbocycles. The van der Waals surface area contributed by atoms with E-state index in [0.717, 1.165) is 5.56 Å². The third kappa shape index (κ3) is 12.1. The van der Waals surface area contributed by atoms with Crippen LogP contribution in [0.25, 0.3) is 0 Å². The van der Waals surface area contributed by atoms with Gasteiger partial charge in [0, 0.05) is 18.8 Å². The summed E-state index contributed by atoms with van der Waals surface area (Å²) in [5.74, 6) is -1.53. The van der Waals surface area contributed by atoms with Crippen LogP contribution in [-0.4, -0.2) is 91.3 Å². The van der Waals surface area contributed by atoms with Gasteiger partial charge in [0.1, 0.15) is 30.0 Å². The molecule has 5 atom stereocenters. The van der Waals surface area contributed by atoms with Crippen molar-refractivity contribution in [3.05, 3.63) is 66.0 Å². The summed E-state index contributed by atoms with van der Waals surface area (Å²) in [7, 11) is 0. The van der Waals surface area contributed by atoms with Gasteiger partial charge in [0.2, 0.25) is 5.91 Å². The van der Waals surface area contributed by atoms with E-state index in [0.29, 0.717) is 5.56 Å². The Kier molecular flexibility index (Phi) is 13.3. The van der Waals surface area contributed by atoms with Crippen molar-refractivity contribution < 1.29 is 49.4 Å². The Labute approximate surface area is 219 Å². The zero-order chi connectivity index (χ0) is 28.9. The molecule has 1 unspecified atom stereocenters. The third-order valence-electron chi connectivity index (χ3n) is 4.73. The summed E-state index contributed by atoms with van der Waals surface area (Å²) in [6.45, 7) is 4.76. The summed E-state index contributed by atoms with van der Waals surface area (Å²) in [5.41, 5.74) is 5.56. The Morgan fingerprint density at radius 2 is 1.71 bits per heavy atom. The number of aliphatic hydroxyl groups excluding tert-OH is 4. The number of aliphatic hydroxyl groups is 4. The molecule has 3 rings (SSSR count). The van der Waals surface area contributed by atoms with Gasteiger partial charge in [0.15, 0.2) is 6.29 Å². The molecule has 38 heavy (non-hydrogen) atoms. The number of nitrogens with zero attached hydrogens (tertiary/aromatic N) is 1. The number of carboxylic acids is 1. The summed E-state index contributed by atoms with van der Waals surface area (Å²) >= 11 is 0. The van der Waals surface area contributed by atoms with E-state index in [-0.39, 0.29) is 6.42 Å². The van der Waals surface area contributed by atoms with Crippen molar-refractivity contribution in [1.29, 1.82) is 0 Å². The van der Waals surface area contributed by atoms with Crippen LogP contribution >= 0.6 is 0 Å². The summed E-state index contributed by atoms with van der Waals surface area (Å²) in [6.07, 6.45) is -2.24. The van der Waals surface area contributed by atoms with Gasteiger partial charge >= 0.3 is 12.1 Å². The molecule has 8 N–H and O–H groups in total. The van der Waals surface area contributed by atoms with E-state index >= 15 is 0 Å². The van der Waals surface area contributed by atoms with Crippen LogP contribution in [0.2, 0.25) is 0 Å². The summed E-state index contributed by atoms with van der Waals surface area (Å²) in [4.78, 5) is 36.8. The molecule has 210 valence electrons. The van der Waals surface area contributed by atoms with Crippen molar-refractivity contribution >= 4 is 18.0 Å². The van der Waals surface area contributed by atoms with Crippen molar-refractivity contribution in [3.8, 4) is 0 Å². The number of carbonyl (C=O) groups excluding carboxylic acids is 2. The fraction of sp³-hybridized carbons (Fsp3) is 0.440. The van der Waals surface area contributed by atoms with Crippen LogP contribution in [0.1, 0.15) is 36.7 Å². The lowest BCUT2D eigenvalue weighted by molar-refractivity contribution is -0.139. The highest BCUT2D eigenvalue weighted by Crippen LogP contribution is 2.18. The normalized spacial score (nSPS) is 21.0. The molecule has 1 fully saturated rings. The molecule has 13 nitrogen and oxygen atoms in total. The van der Waals surface area contributed by atoms with E-state index in [1.54, 1.807) is 39.1 Å². The maximum atomic E-state index is 11.6. The minimum absolute atomic E-state index is 0.218. The van der Waals surface area contributed by atoms with Gasteiger partial charge in [-0.1, -0.05) is 30.3 Å². The Balaban J connectivity index is 0.000000317. The Morgan fingerprint density at radius 1 is 1.08 bits per heavy atom. The van der Waals surface area contributed by atoms with E-state index in [9.17, 15) is 14.4 Å². The number of hydrogen-bond donors (Lipinski definition) is 7. The van der Waals surface area contributed by atoms with Gasteiger partial charge in [0.05, 0.1) is 12.2 Å². The molecule has 1 aromatic heterocycles. The van der Waals surface area contributed by atoms with Crippen LogP contribution in [0.4, 0.5) is 4.79 Å². The second kappa shape index (κ2) is 15.6. The lowest BCUT2D eigenvalue weighted by Gasteiger charge is -2.22. The predicted molar refractivity (Wildman–Crippen MR) is 134 cm³/mol. The first-order valence-electron chi connectivity index (χ1n) is 11.5. The van der Waals surface area contributed by atoms with E-state index < -0.39 is 60.8 Å². The number of aliphatic carboxylic acids is 1. The standard InChI is InChI=1S/C14H19NO4.C6H6N2O.C5H10O5/c1-14(2,3)19-13(18)15-11(12(16)17)9-10-7-5-4-6-8-10;7-6(9)5-2-1-3-8-4-5;6-1-2-3(7)4(8)5(9)10-2/h4-8,11H,9H2,1-3H3,(H,15,18)(H,16,17);1-4H,(H2,7,9);2-9H,1H2/t11-;;2-,3-,4-,5?/m0.1/s1. The summed E-state index contributed by atoms with van der Waals surface area (Å²) in [6, 6.07) is 11.4. The minimum atomic E-state index is -1.38. The minimum Gasteiger partial charge on any atom is -0.480 e. The number of primary amides is 1. The molecule has 0 aliphatic carbocycles. The fourth-order valence-electron chi connectivity index (χ4n) is 2.89. The number of ether oxygens (including phenoxy) is 2. The summed E-state index contributed by atoms with van der Waals surface area (Å²) < 4.78 is 9.58. The maximum Gasteiger partial charge on any atom is 0.408 e. The van der Waals surface area contributed by atoms with Crippen molar-refractivity contribution in [1.82, 2.24) is 10.3 Å². The van der Waals surface area contributed by atoms with E-state index in [1.807, 2.05) is 30.3 Å². The lowest BCUT2D eigenvalue weighted by Crippen LogP contribution is -2.44. The van der Waals surface area contributed by atoms with E-state index in [1.165, 1.54) is 6.20 Å². The monoisotopic (exact) mass is 537 g/mol. The van der Waals surface area contributed by atoms with E-state index in [2.05, 4.69) is 15.0 Å². The number of amides is 2. The van der Waals surface area contributed by atoms with Gasteiger partial charge in [-0.15, -0.1) is 0 Å². The molecule has 2 amide bonds. The predicted octanol–water partition coefficient (Wildman–Crippen LogP) is -0.195. The summed E-state index contributed by atoms with van der Waals surface area (Å²) in [5, 5.41) is 46.4. The third-order valence-corrected chi connectivity index (χ3v) is 4.73. The molecule has 1 saturated heterocycles. The highest BCUT2D eigenvalue weighted by molar-refractivity contribution is 5.92. The number of benzene rings is 1. The average molecular weight is 538 g/mol. The Bertz CT molecular complexity index is 1000. The molecule has 13 heteroatoms. The van der Waals surface area contributed by atoms with Gasteiger partial charge in [-0.3, -0.25) is 9.78 Å². The largest absolute Gasteiger partial charge is 0.480 e. The van der Waals surface area contributed by atoms with Gasteiger partial charge in [-0.2, -0.15) is 0 Å². The molecule has 1 aliphatic heterocycles. The number of carbonyl (C=O) groups is 3. The van der Waals surface area contributed by atoms with Crippen molar-refractivity contribution in [2.24, 2.45) is 5.73 Å². The number of aromatic nitrogens is 1. The Hall–Kier alpha value is -3.62. The first kappa shape index (κ1) is 32.4. The second-order valence-corrected chi connectivity index (χ2v) is 9.06. The number of nitrogens with one attached hydrogen (secondary N) is 1. The van der Waals surface area contributed by atoms with Gasteiger partial charge in [0.25, 0.3) is 0 Å². The smallest absolute Gasteiger partial charge is 0.408 e. The lowest BCUT2D eigenvalue weighted by atomic mass is 10.1. The molecule has 0 radical (unpaired) electrons. The van der Waals surface area contributed by atoms with Crippen LogP contribution in [-0.2, 0) is 20.7 Å². The van der Waals surface area contributed by atoms with Crippen molar-refractivity contribution in [2.45, 2.75) is 63.4 Å². The van der Waals surface area contributed by atoms with Crippen LogP contribution < -0.4 is 11.1 Å². The van der Waals surface area contributed by atoms with Crippen LogP contribution in [0, 0.1) is 0 Å². The van der Waals surface area contributed by atoms with Gasteiger partial charge in [-0.25, -0.2) is 9.59 Å². The van der Waals surface area contributed by atoms with Gasteiger partial charge < -0.3 is 46.1 Å². The zero-order valence-corrected chi connectivity index (χ0v) is 21.3. The highest BCUT2D eigenvalue weighted by atomic mass is 16.6. The molecular formula is C25H35N3O10. The Morgan fingerprint density at radius 3 is 2.08 bits per heavy atom. The van der Waals surface area contributed by atoms with Gasteiger partial charge in [-0.05, 0) is 38.5 Å². The number of pyridine rings is 1. The van der Waals surface area contributed by atoms with Crippen LogP contribution in [0.5, 0.6) is 0 Å². The number of alkyl carbamates (subject to hydrolysis) is 1. The average Bonchev–Trinajstić information content (AvgIpc) is 3.11. The number of rotatable bonds is 6. The maximum absolute atomic E-state index is 11.6. The number of hydrogen-bond acceptors (Lipinski definition) is 10. The quantitative estimate of drug-likeness (QED) is 0.256.